The van der Waals surface area contributed by atoms with Gasteiger partial charge in [-0.2, -0.15) is 0 Å². The summed E-state index contributed by atoms with van der Waals surface area (Å²) in [6.45, 7) is 1.57. The van der Waals surface area contributed by atoms with E-state index in [9.17, 15) is 4.79 Å². The van der Waals surface area contributed by atoms with Gasteiger partial charge in [0, 0.05) is 29.5 Å². The average molecular weight is 261 g/mol. The van der Waals surface area contributed by atoms with Gasteiger partial charge in [0.1, 0.15) is 0 Å². The van der Waals surface area contributed by atoms with Crippen LogP contribution >= 0.6 is 11.3 Å². The summed E-state index contributed by atoms with van der Waals surface area (Å²) < 4.78 is 0. The second kappa shape index (κ2) is 5.75. The molecule has 2 N–H and O–H groups in total. The minimum absolute atomic E-state index is 0.370. The van der Waals surface area contributed by atoms with Gasteiger partial charge >= 0.3 is 0 Å². The van der Waals surface area contributed by atoms with Crippen LogP contribution in [0.5, 0.6) is 0 Å². The summed E-state index contributed by atoms with van der Waals surface area (Å²) >= 11 is 1.55. The van der Waals surface area contributed by atoms with E-state index in [4.69, 9.17) is 5.73 Å². The molecule has 0 spiro atoms. The van der Waals surface area contributed by atoms with Crippen molar-refractivity contribution >= 4 is 17.2 Å². The first kappa shape index (κ1) is 12.7. The fourth-order valence-corrected chi connectivity index (χ4v) is 2.64. The molecule has 0 aliphatic carbocycles. The van der Waals surface area contributed by atoms with Crippen molar-refractivity contribution < 1.29 is 4.79 Å². The van der Waals surface area contributed by atoms with Crippen LogP contribution in [0, 0.1) is 0 Å². The van der Waals surface area contributed by atoms with Crippen LogP contribution in [0.25, 0.3) is 0 Å². The van der Waals surface area contributed by atoms with Crippen LogP contribution in [0.2, 0.25) is 0 Å². The lowest BCUT2D eigenvalue weighted by Crippen LogP contribution is -2.17. The van der Waals surface area contributed by atoms with Crippen molar-refractivity contribution in [3.05, 3.63) is 52.0 Å². The Bertz CT molecular complexity index is 524. The summed E-state index contributed by atoms with van der Waals surface area (Å²) in [5, 5.41) is 1.80. The van der Waals surface area contributed by atoms with Crippen LogP contribution < -0.4 is 5.73 Å². The monoisotopic (exact) mass is 261 g/mol. The third-order valence-corrected chi connectivity index (χ3v) is 3.44. The molecule has 1 amide bonds. The summed E-state index contributed by atoms with van der Waals surface area (Å²) in [7, 11) is 2.03. The molecule has 0 atom stereocenters. The minimum atomic E-state index is -0.370. The lowest BCUT2D eigenvalue weighted by molar-refractivity contribution is 0.100. The molecule has 4 nitrogen and oxygen atoms in total. The zero-order valence-electron chi connectivity index (χ0n) is 10.2. The topological polar surface area (TPSA) is 59.2 Å². The second-order valence-electron chi connectivity index (χ2n) is 4.16. The van der Waals surface area contributed by atoms with Gasteiger partial charge in [0.25, 0.3) is 0 Å². The Balaban J connectivity index is 1.94. The molecule has 0 aliphatic heterocycles. The number of carbonyl (C=O) groups is 1. The smallest absolute Gasteiger partial charge is 0.249 e. The van der Waals surface area contributed by atoms with Crippen LogP contribution in [0.4, 0.5) is 0 Å². The van der Waals surface area contributed by atoms with E-state index in [1.807, 2.05) is 31.3 Å². The highest BCUT2D eigenvalue weighted by molar-refractivity contribution is 7.10. The maximum absolute atomic E-state index is 11.0. The predicted molar refractivity (Wildman–Crippen MR) is 72.2 cm³/mol. The molecule has 94 valence electrons. The standard InChI is InChI=1S/C13H15N3OS/c1-16(7-11-4-2-3-5-15-11)8-12-6-10(9-18-12)13(14)17/h2-6,9H,7-8H2,1H3,(H2,14,17). The summed E-state index contributed by atoms with van der Waals surface area (Å²) in [6.07, 6.45) is 1.79. The van der Waals surface area contributed by atoms with Crippen molar-refractivity contribution in [3.8, 4) is 0 Å². The maximum atomic E-state index is 11.0. The molecule has 2 aromatic rings. The number of hydrogen-bond donors (Lipinski definition) is 1. The van der Waals surface area contributed by atoms with Crippen molar-refractivity contribution in [1.82, 2.24) is 9.88 Å². The molecule has 0 fully saturated rings. The number of nitrogens with two attached hydrogens (primary N) is 1. The Kier molecular flexibility index (Phi) is 4.07. The predicted octanol–water partition coefficient (Wildman–Crippen LogP) is 1.87. The highest BCUT2D eigenvalue weighted by Crippen LogP contribution is 2.16. The molecule has 0 saturated heterocycles. The van der Waals surface area contributed by atoms with Crippen LogP contribution in [0.1, 0.15) is 20.9 Å². The Hall–Kier alpha value is -1.72. The van der Waals surface area contributed by atoms with Crippen molar-refractivity contribution in [2.75, 3.05) is 7.05 Å². The van der Waals surface area contributed by atoms with Gasteiger partial charge in [0.2, 0.25) is 5.91 Å². The van der Waals surface area contributed by atoms with Crippen LogP contribution in [-0.2, 0) is 13.1 Å². The normalized spacial score (nSPS) is 10.8. The van der Waals surface area contributed by atoms with E-state index in [0.717, 1.165) is 23.7 Å². The molecule has 0 aromatic carbocycles. The number of rotatable bonds is 5. The zero-order chi connectivity index (χ0) is 13.0. The number of amides is 1. The third-order valence-electron chi connectivity index (χ3n) is 2.52. The molecule has 2 aromatic heterocycles. The van der Waals surface area contributed by atoms with E-state index in [0.29, 0.717) is 5.56 Å². The van der Waals surface area contributed by atoms with E-state index in [1.165, 1.54) is 0 Å². The molecule has 0 radical (unpaired) electrons. The average Bonchev–Trinajstić information content (AvgIpc) is 2.78. The fraction of sp³-hybridized carbons (Fsp3) is 0.231. The van der Waals surface area contributed by atoms with Crippen molar-refractivity contribution in [2.24, 2.45) is 5.73 Å². The van der Waals surface area contributed by atoms with Gasteiger partial charge in [-0.25, -0.2) is 0 Å². The molecular weight excluding hydrogens is 246 g/mol. The first-order chi connectivity index (χ1) is 8.65. The summed E-state index contributed by atoms with van der Waals surface area (Å²) in [5.41, 5.74) is 6.84. The molecule has 2 rings (SSSR count). The Labute approximate surface area is 110 Å². The minimum Gasteiger partial charge on any atom is -0.366 e. The third kappa shape index (κ3) is 3.38. The molecule has 2 heterocycles. The van der Waals surface area contributed by atoms with Crippen molar-refractivity contribution in [1.29, 1.82) is 0 Å². The molecule has 18 heavy (non-hydrogen) atoms. The van der Waals surface area contributed by atoms with Gasteiger partial charge in [0.05, 0.1) is 11.3 Å². The number of carbonyl (C=O) groups excluding carboxylic acids is 1. The Morgan fingerprint density at radius 3 is 2.89 bits per heavy atom. The number of nitrogens with zero attached hydrogens (tertiary/aromatic N) is 2. The van der Waals surface area contributed by atoms with Gasteiger partial charge in [0.15, 0.2) is 0 Å². The van der Waals surface area contributed by atoms with Crippen LogP contribution in [0.3, 0.4) is 0 Å². The molecule has 0 unspecified atom stereocenters. The van der Waals surface area contributed by atoms with E-state index >= 15 is 0 Å². The molecule has 0 aliphatic rings. The Morgan fingerprint density at radius 2 is 2.28 bits per heavy atom. The van der Waals surface area contributed by atoms with Gasteiger partial charge < -0.3 is 5.73 Å². The number of hydrogen-bond acceptors (Lipinski definition) is 4. The molecule has 0 bridgehead atoms. The molecular formula is C13H15N3OS. The van der Waals surface area contributed by atoms with Crippen molar-refractivity contribution in [2.45, 2.75) is 13.1 Å². The number of aromatic nitrogens is 1. The van der Waals surface area contributed by atoms with Gasteiger partial charge in [-0.3, -0.25) is 14.7 Å². The molecule has 5 heteroatoms. The highest BCUT2D eigenvalue weighted by Gasteiger charge is 2.07. The first-order valence-corrected chi connectivity index (χ1v) is 6.49. The summed E-state index contributed by atoms with van der Waals surface area (Å²) in [6, 6.07) is 7.73. The Morgan fingerprint density at radius 1 is 1.44 bits per heavy atom. The lowest BCUT2D eigenvalue weighted by Gasteiger charge is -2.14. The highest BCUT2D eigenvalue weighted by atomic mass is 32.1. The quantitative estimate of drug-likeness (QED) is 0.894. The van der Waals surface area contributed by atoms with Gasteiger partial charge in [-0.1, -0.05) is 6.07 Å². The summed E-state index contributed by atoms with van der Waals surface area (Å²) in [5.74, 6) is -0.370. The van der Waals surface area contributed by atoms with E-state index in [1.54, 1.807) is 22.9 Å². The SMILES string of the molecule is CN(Cc1ccccn1)Cc1cc(C(N)=O)cs1. The number of pyridine rings is 1. The van der Waals surface area contributed by atoms with Crippen molar-refractivity contribution in [3.63, 3.8) is 0 Å². The van der Waals surface area contributed by atoms with Crippen LogP contribution in [-0.4, -0.2) is 22.8 Å². The summed E-state index contributed by atoms with van der Waals surface area (Å²) in [4.78, 5) is 18.6. The zero-order valence-corrected chi connectivity index (χ0v) is 11.0. The first-order valence-electron chi connectivity index (χ1n) is 5.61. The van der Waals surface area contributed by atoms with Gasteiger partial charge in [-0.15, -0.1) is 11.3 Å². The molecule has 0 saturated carbocycles. The largest absolute Gasteiger partial charge is 0.366 e. The van der Waals surface area contributed by atoms with Gasteiger partial charge in [-0.05, 0) is 25.2 Å². The lowest BCUT2D eigenvalue weighted by atomic mass is 10.3. The van der Waals surface area contributed by atoms with Crippen LogP contribution in [0.15, 0.2) is 35.8 Å². The van der Waals surface area contributed by atoms with E-state index in [-0.39, 0.29) is 5.91 Å². The second-order valence-corrected chi connectivity index (χ2v) is 5.16. The fourth-order valence-electron chi connectivity index (χ4n) is 1.68. The number of primary amides is 1. The van der Waals surface area contributed by atoms with E-state index in [2.05, 4.69) is 9.88 Å². The number of thiophene rings is 1. The van der Waals surface area contributed by atoms with E-state index < -0.39 is 0 Å². The maximum Gasteiger partial charge on any atom is 0.249 e.